The fraction of sp³-hybridized carbons (Fsp3) is 0.462. The van der Waals surface area contributed by atoms with Gasteiger partial charge < -0.3 is 10.1 Å². The van der Waals surface area contributed by atoms with Gasteiger partial charge >= 0.3 is 0 Å². The molecular weight excluding hydrogens is 330 g/mol. The lowest BCUT2D eigenvalue weighted by Crippen LogP contribution is -2.29. The maximum Gasteiger partial charge on any atom is 0.232 e. The first kappa shape index (κ1) is 16.2. The zero-order valence-corrected chi connectivity index (χ0v) is 13.5. The highest BCUT2D eigenvalue weighted by atomic mass is 79.9. The molecule has 0 saturated carbocycles. The van der Waals surface area contributed by atoms with Crippen molar-refractivity contribution in [2.75, 3.05) is 19.4 Å². The highest BCUT2D eigenvalue weighted by Crippen LogP contribution is 2.25. The van der Waals surface area contributed by atoms with Gasteiger partial charge in [-0.05, 0) is 40.0 Å². The summed E-state index contributed by atoms with van der Waals surface area (Å²) in [6.07, 6.45) is 0.879. The summed E-state index contributed by atoms with van der Waals surface area (Å²) in [5, 5.41) is 2.72. The van der Waals surface area contributed by atoms with Gasteiger partial charge in [0.1, 0.15) is 11.5 Å². The van der Waals surface area contributed by atoms with Gasteiger partial charge in [-0.3, -0.25) is 9.00 Å². The predicted octanol–water partition coefficient (Wildman–Crippen LogP) is 2.23. The molecule has 1 N–H and O–H groups in total. The first-order valence-electron chi connectivity index (χ1n) is 6.01. The Labute approximate surface area is 124 Å². The molecule has 1 aromatic carbocycles. The van der Waals surface area contributed by atoms with Gasteiger partial charge in [-0.15, -0.1) is 0 Å². The summed E-state index contributed by atoms with van der Waals surface area (Å²) in [6.45, 7) is 2.61. The second kappa shape index (κ2) is 8.32. The molecule has 19 heavy (non-hydrogen) atoms. The number of halogens is 1. The molecule has 0 aliphatic heterocycles. The van der Waals surface area contributed by atoms with E-state index in [0.29, 0.717) is 12.3 Å². The van der Waals surface area contributed by atoms with Crippen LogP contribution in [0.2, 0.25) is 0 Å². The first-order valence-corrected chi connectivity index (χ1v) is 8.29. The van der Waals surface area contributed by atoms with Gasteiger partial charge in [-0.2, -0.15) is 0 Å². The highest BCUT2D eigenvalue weighted by Gasteiger charge is 2.09. The lowest BCUT2D eigenvalue weighted by atomic mass is 10.2. The Balaban J connectivity index is 2.52. The third-order valence-electron chi connectivity index (χ3n) is 2.41. The number of hydrogen-bond acceptors (Lipinski definition) is 3. The normalized spacial score (nSPS) is 11.9. The molecule has 0 spiro atoms. The number of carbonyl (C=O) groups is 1. The number of benzene rings is 1. The predicted molar refractivity (Wildman–Crippen MR) is 80.7 cm³/mol. The quantitative estimate of drug-likeness (QED) is 0.822. The largest absolute Gasteiger partial charge is 0.496 e. The van der Waals surface area contributed by atoms with Gasteiger partial charge in [0.05, 0.1) is 11.6 Å². The molecule has 0 aliphatic carbocycles. The summed E-state index contributed by atoms with van der Waals surface area (Å²) in [5.74, 6) is 0.981. The van der Waals surface area contributed by atoms with E-state index in [1.165, 1.54) is 0 Å². The van der Waals surface area contributed by atoms with E-state index in [2.05, 4.69) is 21.2 Å². The van der Waals surface area contributed by atoms with Crippen LogP contribution >= 0.6 is 15.9 Å². The van der Waals surface area contributed by atoms with E-state index in [0.717, 1.165) is 22.2 Å². The zero-order valence-electron chi connectivity index (χ0n) is 11.1. The maximum atomic E-state index is 11.9. The summed E-state index contributed by atoms with van der Waals surface area (Å²) in [6, 6.07) is 5.53. The van der Waals surface area contributed by atoms with Gasteiger partial charge in [0, 0.05) is 23.1 Å². The van der Waals surface area contributed by atoms with Crippen LogP contribution in [0.3, 0.4) is 0 Å². The molecule has 0 heterocycles. The van der Waals surface area contributed by atoms with E-state index in [1.54, 1.807) is 7.11 Å². The van der Waals surface area contributed by atoms with Crippen molar-refractivity contribution < 1.29 is 13.7 Å². The molecule has 0 radical (unpaired) electrons. The number of amides is 1. The van der Waals surface area contributed by atoms with Crippen LogP contribution in [0.4, 0.5) is 0 Å². The number of hydrogen-bond donors (Lipinski definition) is 1. The molecule has 1 rings (SSSR count). The van der Waals surface area contributed by atoms with Crippen molar-refractivity contribution in [3.05, 3.63) is 28.2 Å². The Hall–Kier alpha value is -0.880. The summed E-state index contributed by atoms with van der Waals surface area (Å²) in [4.78, 5) is 11.4. The first-order chi connectivity index (χ1) is 9.06. The summed E-state index contributed by atoms with van der Waals surface area (Å²) >= 11 is 3.38. The maximum absolute atomic E-state index is 11.9. The van der Waals surface area contributed by atoms with E-state index >= 15 is 0 Å². The molecule has 0 bridgehead atoms. The minimum atomic E-state index is -1.20. The zero-order chi connectivity index (χ0) is 14.3. The molecule has 6 heteroatoms. The molecule has 1 atom stereocenters. The molecule has 0 fully saturated rings. The minimum absolute atomic E-state index is 0.0453. The SMILES string of the molecule is CCCNC(=O)C[S@](=O)Cc1ccc(OC)c(Br)c1. The monoisotopic (exact) mass is 347 g/mol. The van der Waals surface area contributed by atoms with Crippen molar-refractivity contribution in [1.82, 2.24) is 5.32 Å². The molecule has 4 nitrogen and oxygen atoms in total. The summed E-state index contributed by atoms with van der Waals surface area (Å²) < 4.78 is 17.8. The Kier molecular flexibility index (Phi) is 7.09. The van der Waals surface area contributed by atoms with E-state index in [9.17, 15) is 9.00 Å². The van der Waals surface area contributed by atoms with Crippen LogP contribution in [0.1, 0.15) is 18.9 Å². The van der Waals surface area contributed by atoms with Crippen LogP contribution in [0.25, 0.3) is 0 Å². The smallest absolute Gasteiger partial charge is 0.232 e. The number of rotatable bonds is 7. The summed E-state index contributed by atoms with van der Waals surface area (Å²) in [7, 11) is 0.398. The van der Waals surface area contributed by atoms with Crippen LogP contribution in [-0.4, -0.2) is 29.5 Å². The van der Waals surface area contributed by atoms with E-state index in [1.807, 2.05) is 25.1 Å². The van der Waals surface area contributed by atoms with Crippen LogP contribution in [0, 0.1) is 0 Å². The van der Waals surface area contributed by atoms with Crippen LogP contribution in [0.15, 0.2) is 22.7 Å². The van der Waals surface area contributed by atoms with Gasteiger partial charge in [0.25, 0.3) is 0 Å². The number of methoxy groups -OCH3 is 1. The topological polar surface area (TPSA) is 55.4 Å². The lowest BCUT2D eigenvalue weighted by molar-refractivity contribution is -0.118. The molecule has 0 unspecified atom stereocenters. The molecule has 0 aliphatic rings. The average molecular weight is 348 g/mol. The number of nitrogens with one attached hydrogen (secondary N) is 1. The lowest BCUT2D eigenvalue weighted by Gasteiger charge is -2.07. The van der Waals surface area contributed by atoms with Gasteiger partial charge in [-0.25, -0.2) is 0 Å². The van der Waals surface area contributed by atoms with Crippen molar-refractivity contribution in [3.63, 3.8) is 0 Å². The Morgan fingerprint density at radius 1 is 1.47 bits per heavy atom. The van der Waals surface area contributed by atoms with Crippen molar-refractivity contribution in [2.45, 2.75) is 19.1 Å². The van der Waals surface area contributed by atoms with E-state index in [4.69, 9.17) is 4.74 Å². The number of ether oxygens (including phenoxy) is 1. The van der Waals surface area contributed by atoms with Gasteiger partial charge in [0.2, 0.25) is 5.91 Å². The summed E-state index contributed by atoms with van der Waals surface area (Å²) in [5.41, 5.74) is 0.911. The second-order valence-corrected chi connectivity index (χ2v) is 6.36. The fourth-order valence-electron chi connectivity index (χ4n) is 1.50. The third kappa shape index (κ3) is 5.74. The molecule has 1 amide bonds. The molecule has 1 aromatic rings. The van der Waals surface area contributed by atoms with Gasteiger partial charge in [-0.1, -0.05) is 13.0 Å². The standard InChI is InChI=1S/C13H18BrNO3S/c1-3-6-15-13(16)9-19(17)8-10-4-5-12(18-2)11(14)7-10/h4-5,7H,3,6,8-9H2,1-2H3,(H,15,16)/t19-/m1/s1. The van der Waals surface area contributed by atoms with Crippen molar-refractivity contribution >= 4 is 32.6 Å². The Morgan fingerprint density at radius 3 is 2.79 bits per heavy atom. The number of carbonyl (C=O) groups excluding carboxylic acids is 1. The Morgan fingerprint density at radius 2 is 2.21 bits per heavy atom. The average Bonchev–Trinajstić information content (AvgIpc) is 2.36. The third-order valence-corrected chi connectivity index (χ3v) is 4.27. The van der Waals surface area contributed by atoms with Crippen LogP contribution < -0.4 is 10.1 Å². The highest BCUT2D eigenvalue weighted by molar-refractivity contribution is 9.10. The molecule has 106 valence electrons. The van der Waals surface area contributed by atoms with E-state index in [-0.39, 0.29) is 11.7 Å². The molecule has 0 aromatic heterocycles. The Bertz CT molecular complexity index is 465. The molecule has 0 saturated heterocycles. The van der Waals surface area contributed by atoms with Gasteiger partial charge in [0.15, 0.2) is 0 Å². The van der Waals surface area contributed by atoms with E-state index < -0.39 is 10.8 Å². The van der Waals surface area contributed by atoms with Crippen LogP contribution in [0.5, 0.6) is 5.75 Å². The molecular formula is C13H18BrNO3S. The minimum Gasteiger partial charge on any atom is -0.496 e. The van der Waals surface area contributed by atoms with Crippen molar-refractivity contribution in [1.29, 1.82) is 0 Å². The second-order valence-electron chi connectivity index (χ2n) is 4.05. The van der Waals surface area contributed by atoms with Crippen molar-refractivity contribution in [2.24, 2.45) is 0 Å². The van der Waals surface area contributed by atoms with Crippen molar-refractivity contribution in [3.8, 4) is 5.75 Å². The fourth-order valence-corrected chi connectivity index (χ4v) is 3.13. The van der Waals surface area contributed by atoms with Crippen LogP contribution in [-0.2, 0) is 21.3 Å².